The number of benzene rings is 6. The molecule has 0 unspecified atom stereocenters. The van der Waals surface area contributed by atoms with Crippen LogP contribution in [0.2, 0.25) is 0 Å². The predicted molar refractivity (Wildman–Crippen MR) is 167 cm³/mol. The number of hydrogen-bond donors (Lipinski definition) is 0. The number of para-hydroxylation sites is 4. The highest BCUT2D eigenvalue weighted by molar-refractivity contribution is 7.00. The first kappa shape index (κ1) is 21.7. The fourth-order valence-electron chi connectivity index (χ4n) is 6.88. The Bertz CT molecular complexity index is 2060. The maximum atomic E-state index is 6.60. The normalized spacial score (nSPS) is 12.7. The molecular weight excluding hydrogens is 487 g/mol. The second kappa shape index (κ2) is 8.14. The van der Waals surface area contributed by atoms with Crippen LogP contribution in [0.3, 0.4) is 0 Å². The van der Waals surface area contributed by atoms with Gasteiger partial charge in [-0.05, 0) is 77.1 Å². The third kappa shape index (κ3) is 2.85. The van der Waals surface area contributed by atoms with Gasteiger partial charge in [0.25, 0.3) is 6.71 Å². The highest BCUT2D eigenvalue weighted by Gasteiger charge is 2.42. The summed E-state index contributed by atoms with van der Waals surface area (Å²) in [7, 11) is 0. The Morgan fingerprint density at radius 1 is 0.525 bits per heavy atom. The van der Waals surface area contributed by atoms with Crippen molar-refractivity contribution >= 4 is 62.0 Å². The van der Waals surface area contributed by atoms with Crippen LogP contribution in [0.5, 0.6) is 11.5 Å². The van der Waals surface area contributed by atoms with Crippen LogP contribution in [-0.4, -0.2) is 11.3 Å². The van der Waals surface area contributed by atoms with Crippen molar-refractivity contribution in [1.29, 1.82) is 0 Å². The molecule has 1 aromatic heterocycles. The number of ether oxygens (including phenoxy) is 1. The van der Waals surface area contributed by atoms with E-state index in [0.29, 0.717) is 0 Å². The van der Waals surface area contributed by atoms with E-state index in [-0.39, 0.29) is 6.71 Å². The minimum absolute atomic E-state index is 0.0292. The van der Waals surface area contributed by atoms with Gasteiger partial charge in [-0.25, -0.2) is 0 Å². The fourth-order valence-corrected chi connectivity index (χ4v) is 6.88. The predicted octanol–water partition coefficient (Wildman–Crippen LogP) is 7.19. The minimum atomic E-state index is 0.0292. The number of nitrogens with zero attached hydrogens (tertiary/aromatic N) is 2. The van der Waals surface area contributed by atoms with Crippen LogP contribution < -0.4 is 26.0 Å². The number of aromatic nitrogens is 1. The summed E-state index contributed by atoms with van der Waals surface area (Å²) in [5.74, 6) is 1.86. The number of hydrogen-bond acceptors (Lipinski definition) is 2. The van der Waals surface area contributed by atoms with Crippen LogP contribution in [0.1, 0.15) is 0 Å². The largest absolute Gasteiger partial charge is 0.458 e. The molecule has 6 aromatic carbocycles. The summed E-state index contributed by atoms with van der Waals surface area (Å²) in [4.78, 5) is 2.40. The van der Waals surface area contributed by atoms with Gasteiger partial charge in [0.2, 0.25) is 0 Å². The van der Waals surface area contributed by atoms with Crippen molar-refractivity contribution in [3.8, 4) is 17.2 Å². The van der Waals surface area contributed by atoms with Crippen molar-refractivity contribution in [2.24, 2.45) is 0 Å². The first-order chi connectivity index (χ1) is 19.9. The standard InChI is InChI=1S/C36H23BN2O/c1-3-12-24(13-4-1)38(25-14-5-2-6-15-25)30-19-11-20-31-34(30)37-28-17-8-10-21-32(28)40-33-23-22-27-26-16-7-9-18-29(26)39(31)36(27)35(33)37/h1-23H. The average molecular weight is 510 g/mol. The third-order valence-corrected chi connectivity index (χ3v) is 8.43. The van der Waals surface area contributed by atoms with Gasteiger partial charge in [-0.3, -0.25) is 0 Å². The molecule has 3 heterocycles. The SMILES string of the molecule is c1ccc(N(c2ccccc2)c2cccc3c2B2c4ccccc4Oc4ccc5c6ccccc6n-3c5c42)cc1. The van der Waals surface area contributed by atoms with E-state index in [1.165, 1.54) is 49.6 Å². The molecule has 4 heteroatoms. The Balaban J connectivity index is 1.46. The van der Waals surface area contributed by atoms with E-state index in [9.17, 15) is 0 Å². The van der Waals surface area contributed by atoms with Gasteiger partial charge in [-0.15, -0.1) is 0 Å². The topological polar surface area (TPSA) is 17.4 Å². The summed E-state index contributed by atoms with van der Waals surface area (Å²) in [6.07, 6.45) is 0. The van der Waals surface area contributed by atoms with E-state index >= 15 is 0 Å². The average Bonchev–Trinajstić information content (AvgIpc) is 3.36. The van der Waals surface area contributed by atoms with Gasteiger partial charge in [0.1, 0.15) is 11.5 Å². The second-order valence-electron chi connectivity index (χ2n) is 10.5. The molecule has 0 amide bonds. The van der Waals surface area contributed by atoms with Crippen LogP contribution in [0.25, 0.3) is 27.5 Å². The molecule has 9 rings (SSSR count). The molecule has 7 aromatic rings. The molecule has 3 nitrogen and oxygen atoms in total. The van der Waals surface area contributed by atoms with Crippen molar-refractivity contribution < 1.29 is 4.74 Å². The Morgan fingerprint density at radius 2 is 1.23 bits per heavy atom. The Labute approximate surface area is 232 Å². The lowest BCUT2D eigenvalue weighted by Gasteiger charge is -2.36. The molecule has 40 heavy (non-hydrogen) atoms. The molecule has 0 saturated carbocycles. The van der Waals surface area contributed by atoms with Gasteiger partial charge in [-0.2, -0.15) is 0 Å². The van der Waals surface area contributed by atoms with Crippen molar-refractivity contribution in [3.05, 3.63) is 140 Å². The minimum Gasteiger partial charge on any atom is -0.458 e. The number of anilines is 3. The van der Waals surface area contributed by atoms with E-state index in [1.807, 2.05) is 0 Å². The summed E-state index contributed by atoms with van der Waals surface area (Å²) < 4.78 is 9.06. The zero-order valence-corrected chi connectivity index (χ0v) is 21.7. The maximum absolute atomic E-state index is 6.60. The van der Waals surface area contributed by atoms with Crippen LogP contribution in [0, 0.1) is 0 Å². The second-order valence-corrected chi connectivity index (χ2v) is 10.5. The molecular formula is C36H23BN2O. The number of rotatable bonds is 3. The van der Waals surface area contributed by atoms with E-state index in [4.69, 9.17) is 4.74 Å². The third-order valence-electron chi connectivity index (χ3n) is 8.43. The molecule has 186 valence electrons. The van der Waals surface area contributed by atoms with Crippen molar-refractivity contribution in [2.45, 2.75) is 0 Å². The maximum Gasteiger partial charge on any atom is 0.259 e. The van der Waals surface area contributed by atoms with Crippen LogP contribution in [0.15, 0.2) is 140 Å². The molecule has 0 fully saturated rings. The lowest BCUT2D eigenvalue weighted by Crippen LogP contribution is -2.59. The molecule has 2 aliphatic rings. The first-order valence-corrected chi connectivity index (χ1v) is 13.7. The van der Waals surface area contributed by atoms with Gasteiger partial charge in [-0.1, -0.05) is 78.9 Å². The van der Waals surface area contributed by atoms with Crippen molar-refractivity contribution in [2.75, 3.05) is 4.90 Å². The Kier molecular flexibility index (Phi) is 4.41. The first-order valence-electron chi connectivity index (χ1n) is 13.7. The van der Waals surface area contributed by atoms with Gasteiger partial charge < -0.3 is 14.2 Å². The molecule has 0 saturated heterocycles. The van der Waals surface area contributed by atoms with Gasteiger partial charge in [0.15, 0.2) is 0 Å². The van der Waals surface area contributed by atoms with Gasteiger partial charge in [0.05, 0.1) is 11.0 Å². The molecule has 0 bridgehead atoms. The lowest BCUT2D eigenvalue weighted by atomic mass is 9.34. The van der Waals surface area contributed by atoms with Gasteiger partial charge >= 0.3 is 0 Å². The van der Waals surface area contributed by atoms with E-state index in [0.717, 1.165) is 22.9 Å². The Morgan fingerprint density at radius 3 is 2.02 bits per heavy atom. The van der Waals surface area contributed by atoms with E-state index in [1.54, 1.807) is 0 Å². The molecule has 0 atom stereocenters. The fraction of sp³-hybridized carbons (Fsp3) is 0. The van der Waals surface area contributed by atoms with Crippen LogP contribution in [0.4, 0.5) is 17.1 Å². The molecule has 0 radical (unpaired) electrons. The highest BCUT2D eigenvalue weighted by Crippen LogP contribution is 2.41. The number of fused-ring (bicyclic) bond motifs is 8. The molecule has 2 aliphatic heterocycles. The smallest absolute Gasteiger partial charge is 0.259 e. The molecule has 0 aliphatic carbocycles. The summed E-state index contributed by atoms with van der Waals surface area (Å²) in [6, 6.07) is 49.8. The zero-order chi connectivity index (χ0) is 26.2. The highest BCUT2D eigenvalue weighted by atomic mass is 16.5. The molecule has 0 spiro atoms. The van der Waals surface area contributed by atoms with Crippen molar-refractivity contribution in [3.63, 3.8) is 0 Å². The van der Waals surface area contributed by atoms with E-state index < -0.39 is 0 Å². The van der Waals surface area contributed by atoms with Crippen LogP contribution >= 0.6 is 0 Å². The van der Waals surface area contributed by atoms with E-state index in [2.05, 4.69) is 149 Å². The van der Waals surface area contributed by atoms with Crippen molar-refractivity contribution in [1.82, 2.24) is 4.57 Å². The quantitative estimate of drug-likeness (QED) is 0.234. The summed E-state index contributed by atoms with van der Waals surface area (Å²) >= 11 is 0. The van der Waals surface area contributed by atoms with Crippen LogP contribution in [-0.2, 0) is 0 Å². The Hall–Kier alpha value is -5.22. The summed E-state index contributed by atoms with van der Waals surface area (Å²) in [6.45, 7) is 0.0292. The molecule has 0 N–H and O–H groups in total. The summed E-state index contributed by atoms with van der Waals surface area (Å²) in [5.41, 5.74) is 10.8. The monoisotopic (exact) mass is 510 g/mol. The summed E-state index contributed by atoms with van der Waals surface area (Å²) in [5, 5.41) is 2.53. The lowest BCUT2D eigenvalue weighted by molar-refractivity contribution is 0.488. The zero-order valence-electron chi connectivity index (χ0n) is 21.7. The van der Waals surface area contributed by atoms with Gasteiger partial charge in [0, 0.05) is 33.5 Å².